The first kappa shape index (κ1) is 16.1. The van der Waals surface area contributed by atoms with Crippen LogP contribution in [0.4, 0.5) is 0 Å². The van der Waals surface area contributed by atoms with Crippen molar-refractivity contribution in [2.24, 2.45) is 5.73 Å². The molecule has 0 saturated heterocycles. The molecule has 0 bridgehead atoms. The quantitative estimate of drug-likeness (QED) is 0.807. The number of rotatable bonds is 7. The Bertz CT molecular complexity index is 500. The molecule has 4 nitrogen and oxygen atoms in total. The van der Waals surface area contributed by atoms with E-state index in [0.717, 1.165) is 19.3 Å². The van der Waals surface area contributed by atoms with Gasteiger partial charge < -0.3 is 5.73 Å². The summed E-state index contributed by atoms with van der Waals surface area (Å²) in [6.07, 6.45) is 2.30. The van der Waals surface area contributed by atoms with Crippen molar-refractivity contribution in [3.05, 3.63) is 29.8 Å². The molecule has 0 spiro atoms. The highest BCUT2D eigenvalue weighted by molar-refractivity contribution is 7.89. The predicted octanol–water partition coefficient (Wildman–Crippen LogP) is 2.39. The zero-order valence-corrected chi connectivity index (χ0v) is 12.8. The fourth-order valence-electron chi connectivity index (χ4n) is 2.24. The van der Waals surface area contributed by atoms with Crippen molar-refractivity contribution in [2.75, 3.05) is 0 Å². The van der Waals surface area contributed by atoms with E-state index in [9.17, 15) is 8.42 Å². The maximum Gasteiger partial charge on any atom is 0.241 e. The Morgan fingerprint density at radius 2 is 1.63 bits per heavy atom. The molecule has 0 saturated carbocycles. The number of hydrogen-bond acceptors (Lipinski definition) is 3. The van der Waals surface area contributed by atoms with Gasteiger partial charge in [-0.3, -0.25) is 0 Å². The van der Waals surface area contributed by atoms with Crippen LogP contribution in [0.1, 0.15) is 45.6 Å². The van der Waals surface area contributed by atoms with Crippen molar-refractivity contribution < 1.29 is 8.42 Å². The van der Waals surface area contributed by atoms with E-state index in [1.807, 2.05) is 20.8 Å². The maximum atomic E-state index is 12.5. The van der Waals surface area contributed by atoms with Crippen LogP contribution < -0.4 is 10.5 Å². The Balaban J connectivity index is 3.18. The van der Waals surface area contributed by atoms with Crippen molar-refractivity contribution in [2.45, 2.75) is 57.0 Å². The zero-order chi connectivity index (χ0) is 14.5. The highest BCUT2D eigenvalue weighted by atomic mass is 32.2. The Labute approximate surface area is 116 Å². The first-order valence-corrected chi connectivity index (χ1v) is 8.25. The lowest BCUT2D eigenvalue weighted by atomic mass is 9.91. The molecule has 1 aromatic carbocycles. The fourth-order valence-corrected chi connectivity index (χ4v) is 4.11. The Kier molecular flexibility index (Phi) is 5.52. The molecule has 0 radical (unpaired) electrons. The summed E-state index contributed by atoms with van der Waals surface area (Å²) in [5, 5.41) is 0. The van der Waals surface area contributed by atoms with Crippen LogP contribution in [-0.2, 0) is 16.6 Å². The molecule has 0 aromatic heterocycles. The summed E-state index contributed by atoms with van der Waals surface area (Å²) in [6, 6.07) is 6.88. The zero-order valence-electron chi connectivity index (χ0n) is 11.9. The molecule has 19 heavy (non-hydrogen) atoms. The largest absolute Gasteiger partial charge is 0.326 e. The van der Waals surface area contributed by atoms with Crippen LogP contribution in [0.2, 0.25) is 0 Å². The number of benzene rings is 1. The molecule has 1 aromatic rings. The fraction of sp³-hybridized carbons (Fsp3) is 0.571. The third-order valence-electron chi connectivity index (χ3n) is 3.86. The van der Waals surface area contributed by atoms with E-state index in [-0.39, 0.29) is 17.0 Å². The highest BCUT2D eigenvalue weighted by Gasteiger charge is 2.31. The van der Waals surface area contributed by atoms with Gasteiger partial charge in [-0.25, -0.2) is 13.1 Å². The van der Waals surface area contributed by atoms with Gasteiger partial charge in [0.2, 0.25) is 10.0 Å². The Hall–Kier alpha value is -0.910. The van der Waals surface area contributed by atoms with E-state index in [2.05, 4.69) is 4.72 Å². The van der Waals surface area contributed by atoms with Crippen molar-refractivity contribution >= 4 is 10.0 Å². The van der Waals surface area contributed by atoms with Crippen LogP contribution in [0.3, 0.4) is 0 Å². The molecule has 0 heterocycles. The van der Waals surface area contributed by atoms with Crippen LogP contribution in [0.15, 0.2) is 29.2 Å². The van der Waals surface area contributed by atoms with Crippen LogP contribution in [-0.4, -0.2) is 14.0 Å². The molecule has 108 valence electrons. The Morgan fingerprint density at radius 3 is 2.11 bits per heavy atom. The van der Waals surface area contributed by atoms with Crippen molar-refractivity contribution in [1.29, 1.82) is 0 Å². The van der Waals surface area contributed by atoms with Gasteiger partial charge >= 0.3 is 0 Å². The van der Waals surface area contributed by atoms with E-state index in [1.54, 1.807) is 24.3 Å². The standard InChI is InChI=1S/C14H24N2O2S/c1-4-14(5-2,6-3)16-19(17,18)13-10-8-7-9-12(13)11-15/h7-10,16H,4-6,11,15H2,1-3H3. The van der Waals surface area contributed by atoms with Crippen LogP contribution in [0.25, 0.3) is 0 Å². The average Bonchev–Trinajstić information content (AvgIpc) is 2.45. The van der Waals surface area contributed by atoms with Gasteiger partial charge in [0.05, 0.1) is 4.90 Å². The molecule has 0 aliphatic rings. The normalized spacial score (nSPS) is 12.6. The van der Waals surface area contributed by atoms with Gasteiger partial charge in [0.1, 0.15) is 0 Å². The van der Waals surface area contributed by atoms with E-state index in [4.69, 9.17) is 5.73 Å². The van der Waals surface area contributed by atoms with Gasteiger partial charge in [0.15, 0.2) is 0 Å². The molecular formula is C14H24N2O2S. The first-order chi connectivity index (χ1) is 8.94. The molecule has 0 aliphatic heterocycles. The third kappa shape index (κ3) is 3.55. The minimum Gasteiger partial charge on any atom is -0.326 e. The lowest BCUT2D eigenvalue weighted by Gasteiger charge is -2.31. The van der Waals surface area contributed by atoms with Gasteiger partial charge in [0.25, 0.3) is 0 Å². The lowest BCUT2D eigenvalue weighted by Crippen LogP contribution is -2.47. The highest BCUT2D eigenvalue weighted by Crippen LogP contribution is 2.24. The van der Waals surface area contributed by atoms with Crippen molar-refractivity contribution in [1.82, 2.24) is 4.72 Å². The minimum absolute atomic E-state index is 0.217. The summed E-state index contributed by atoms with van der Waals surface area (Å²) < 4.78 is 27.9. The Morgan fingerprint density at radius 1 is 1.11 bits per heavy atom. The van der Waals surface area contributed by atoms with Gasteiger partial charge in [-0.1, -0.05) is 39.0 Å². The van der Waals surface area contributed by atoms with Gasteiger partial charge in [-0.15, -0.1) is 0 Å². The van der Waals surface area contributed by atoms with Crippen molar-refractivity contribution in [3.63, 3.8) is 0 Å². The molecule has 0 aliphatic carbocycles. The summed E-state index contributed by atoms with van der Waals surface area (Å²) >= 11 is 0. The smallest absolute Gasteiger partial charge is 0.241 e. The van der Waals surface area contributed by atoms with E-state index >= 15 is 0 Å². The molecule has 0 amide bonds. The molecule has 0 unspecified atom stereocenters. The summed E-state index contributed by atoms with van der Waals surface area (Å²) in [7, 11) is -3.53. The summed E-state index contributed by atoms with van der Waals surface area (Å²) in [5.74, 6) is 0. The second kappa shape index (κ2) is 6.50. The maximum absolute atomic E-state index is 12.5. The predicted molar refractivity (Wildman–Crippen MR) is 78.3 cm³/mol. The average molecular weight is 284 g/mol. The van der Waals surface area contributed by atoms with Crippen molar-refractivity contribution in [3.8, 4) is 0 Å². The number of hydrogen-bond donors (Lipinski definition) is 2. The van der Waals surface area contributed by atoms with Gasteiger partial charge in [-0.05, 0) is 30.9 Å². The monoisotopic (exact) mass is 284 g/mol. The van der Waals surface area contributed by atoms with E-state index in [0.29, 0.717) is 5.56 Å². The summed E-state index contributed by atoms with van der Waals surface area (Å²) in [4.78, 5) is 0.289. The second-order valence-electron chi connectivity index (χ2n) is 4.76. The minimum atomic E-state index is -3.53. The molecule has 0 atom stereocenters. The summed E-state index contributed by atoms with van der Waals surface area (Å²) in [6.45, 7) is 6.23. The van der Waals surface area contributed by atoms with Gasteiger partial charge in [-0.2, -0.15) is 0 Å². The number of nitrogens with one attached hydrogen (secondary N) is 1. The SMILES string of the molecule is CCC(CC)(CC)NS(=O)(=O)c1ccccc1CN. The lowest BCUT2D eigenvalue weighted by molar-refractivity contribution is 0.341. The molecule has 5 heteroatoms. The number of sulfonamides is 1. The molecule has 3 N–H and O–H groups in total. The third-order valence-corrected chi connectivity index (χ3v) is 5.54. The van der Waals surface area contributed by atoms with Gasteiger partial charge in [0, 0.05) is 12.1 Å². The first-order valence-electron chi connectivity index (χ1n) is 6.76. The van der Waals surface area contributed by atoms with Crippen LogP contribution >= 0.6 is 0 Å². The van der Waals surface area contributed by atoms with E-state index in [1.165, 1.54) is 0 Å². The summed E-state index contributed by atoms with van der Waals surface area (Å²) in [5.41, 5.74) is 5.89. The molecular weight excluding hydrogens is 260 g/mol. The van der Waals surface area contributed by atoms with Crippen LogP contribution in [0.5, 0.6) is 0 Å². The molecule has 1 rings (SSSR count). The number of nitrogens with two attached hydrogens (primary N) is 1. The topological polar surface area (TPSA) is 72.2 Å². The van der Waals surface area contributed by atoms with Crippen LogP contribution in [0, 0.1) is 0 Å². The second-order valence-corrected chi connectivity index (χ2v) is 6.41. The van der Waals surface area contributed by atoms with E-state index < -0.39 is 10.0 Å². The molecule has 0 fully saturated rings.